The average molecular weight is 610 g/mol. The van der Waals surface area contributed by atoms with E-state index in [2.05, 4.69) is 32.9 Å². The summed E-state index contributed by atoms with van der Waals surface area (Å²) in [6.45, 7) is 7.11. The largest absolute Gasteiger partial charge is 0.489 e. The molecule has 5 aromatic carbocycles. The van der Waals surface area contributed by atoms with E-state index >= 15 is 0 Å². The van der Waals surface area contributed by atoms with Crippen molar-refractivity contribution in [2.24, 2.45) is 0 Å². The second-order valence-corrected chi connectivity index (χ2v) is 12.5. The first-order valence-corrected chi connectivity index (χ1v) is 15.2. The molecule has 0 fully saturated rings. The molecule has 1 heterocycles. The topological polar surface area (TPSA) is 88.8 Å². The van der Waals surface area contributed by atoms with Crippen LogP contribution in [0, 0.1) is 0 Å². The van der Waals surface area contributed by atoms with Crippen molar-refractivity contribution < 1.29 is 24.5 Å². The van der Waals surface area contributed by atoms with Crippen LogP contribution in [0.15, 0.2) is 121 Å². The summed E-state index contributed by atoms with van der Waals surface area (Å²) in [6, 6.07) is 38.4. The summed E-state index contributed by atoms with van der Waals surface area (Å²) in [5.41, 5.74) is 7.45. The van der Waals surface area contributed by atoms with Gasteiger partial charge in [-0.05, 0) is 75.2 Å². The quantitative estimate of drug-likeness (QED) is 0.171. The first-order chi connectivity index (χ1) is 22.1. The molecule has 0 spiro atoms. The Morgan fingerprint density at radius 2 is 1.33 bits per heavy atom. The van der Waals surface area contributed by atoms with E-state index in [1.54, 1.807) is 24.3 Å². The van der Waals surface area contributed by atoms with Crippen LogP contribution in [0.5, 0.6) is 5.75 Å². The minimum absolute atomic E-state index is 0.0264. The van der Waals surface area contributed by atoms with Gasteiger partial charge in [0, 0.05) is 23.0 Å². The van der Waals surface area contributed by atoms with Gasteiger partial charge in [-0.15, -0.1) is 0 Å². The Balaban J connectivity index is 1.46. The summed E-state index contributed by atoms with van der Waals surface area (Å²) in [7, 11) is 0. The molecule has 0 unspecified atom stereocenters. The fraction of sp³-hybridized carbons (Fsp3) is 0.150. The maximum Gasteiger partial charge on any atom is 0.353 e. The molecular weight excluding hydrogens is 574 g/mol. The molecular formula is C40H35NO5. The van der Waals surface area contributed by atoms with E-state index in [0.29, 0.717) is 17.9 Å². The molecule has 0 aliphatic heterocycles. The number of carbonyl (C=O) groups is 2. The Bertz CT molecular complexity index is 2030. The predicted octanol–water partition coefficient (Wildman–Crippen LogP) is 9.30. The third kappa shape index (κ3) is 6.28. The van der Waals surface area contributed by atoms with Gasteiger partial charge < -0.3 is 19.5 Å². The number of carboxylic acid groups (broad SMARTS) is 2. The van der Waals surface area contributed by atoms with Crippen molar-refractivity contribution in [3.8, 4) is 28.0 Å². The van der Waals surface area contributed by atoms with Crippen LogP contribution in [0.1, 0.15) is 58.3 Å². The number of hydrogen-bond acceptors (Lipinski definition) is 3. The number of hydrogen-bond donors (Lipinski definition) is 2. The zero-order valence-corrected chi connectivity index (χ0v) is 26.0. The van der Waals surface area contributed by atoms with Crippen LogP contribution in [-0.4, -0.2) is 26.7 Å². The summed E-state index contributed by atoms with van der Waals surface area (Å²) in [4.78, 5) is 24.5. The Morgan fingerprint density at radius 1 is 0.674 bits per heavy atom. The van der Waals surface area contributed by atoms with E-state index in [1.807, 2.05) is 89.5 Å². The number of para-hydroxylation sites is 1. The molecule has 0 saturated carbocycles. The van der Waals surface area contributed by atoms with Crippen LogP contribution in [0.25, 0.3) is 33.2 Å². The lowest BCUT2D eigenvalue weighted by atomic mass is 9.86. The number of rotatable bonds is 9. The van der Waals surface area contributed by atoms with Crippen molar-refractivity contribution in [2.75, 3.05) is 0 Å². The van der Waals surface area contributed by atoms with Gasteiger partial charge in [0.15, 0.2) is 0 Å². The average Bonchev–Trinajstić information content (AvgIpc) is 3.38. The minimum atomic E-state index is -1.01. The lowest BCUT2D eigenvalue weighted by Gasteiger charge is -2.19. The zero-order valence-electron chi connectivity index (χ0n) is 26.0. The highest BCUT2D eigenvalue weighted by molar-refractivity contribution is 6.08. The maximum absolute atomic E-state index is 13.0. The Labute approximate surface area is 268 Å². The van der Waals surface area contributed by atoms with E-state index in [-0.39, 0.29) is 23.2 Å². The van der Waals surface area contributed by atoms with Gasteiger partial charge in [-0.25, -0.2) is 9.59 Å². The van der Waals surface area contributed by atoms with Crippen molar-refractivity contribution >= 4 is 22.8 Å². The third-order valence-electron chi connectivity index (χ3n) is 8.23. The number of aromatic carboxylic acids is 2. The molecule has 230 valence electrons. The van der Waals surface area contributed by atoms with Gasteiger partial charge in [-0.3, -0.25) is 0 Å². The first-order valence-electron chi connectivity index (χ1n) is 15.2. The molecule has 0 bridgehead atoms. The van der Waals surface area contributed by atoms with Crippen molar-refractivity contribution in [2.45, 2.75) is 39.3 Å². The molecule has 1 aromatic heterocycles. The van der Waals surface area contributed by atoms with E-state index in [0.717, 1.165) is 38.7 Å². The molecule has 6 heteroatoms. The first kappa shape index (κ1) is 30.4. The van der Waals surface area contributed by atoms with Crippen molar-refractivity contribution in [3.05, 3.63) is 149 Å². The van der Waals surface area contributed by atoms with Crippen LogP contribution in [0.2, 0.25) is 0 Å². The molecule has 0 aliphatic rings. The number of carboxylic acids is 2. The predicted molar refractivity (Wildman–Crippen MR) is 182 cm³/mol. The minimum Gasteiger partial charge on any atom is -0.489 e. The van der Waals surface area contributed by atoms with Gasteiger partial charge in [0.1, 0.15) is 18.1 Å². The second kappa shape index (κ2) is 12.4. The van der Waals surface area contributed by atoms with Crippen molar-refractivity contribution in [1.29, 1.82) is 0 Å². The van der Waals surface area contributed by atoms with Gasteiger partial charge in [0.05, 0.1) is 5.56 Å². The van der Waals surface area contributed by atoms with Crippen LogP contribution in [0.4, 0.5) is 0 Å². The number of nitrogens with zero attached hydrogens (tertiary/aromatic N) is 1. The Hall–Kier alpha value is -5.62. The SMILES string of the molecule is CC(C)(C)c1ccc(-c2c(C(=O)O)n(Cc3cc(OCc4ccccc4)cc(-c4ccc(C(=O)O)cc4)c3)c3ccccc23)cc1. The van der Waals surface area contributed by atoms with Gasteiger partial charge in [-0.1, -0.05) is 106 Å². The molecule has 46 heavy (non-hydrogen) atoms. The fourth-order valence-electron chi connectivity index (χ4n) is 5.85. The zero-order chi connectivity index (χ0) is 32.4. The van der Waals surface area contributed by atoms with Crippen LogP contribution in [-0.2, 0) is 18.6 Å². The van der Waals surface area contributed by atoms with Crippen LogP contribution < -0.4 is 4.74 Å². The molecule has 2 N–H and O–H groups in total. The van der Waals surface area contributed by atoms with E-state index < -0.39 is 11.9 Å². The van der Waals surface area contributed by atoms with E-state index in [1.165, 1.54) is 5.56 Å². The van der Waals surface area contributed by atoms with Gasteiger partial charge in [0.2, 0.25) is 0 Å². The number of fused-ring (bicyclic) bond motifs is 1. The van der Waals surface area contributed by atoms with Gasteiger partial charge in [0.25, 0.3) is 0 Å². The highest BCUT2D eigenvalue weighted by atomic mass is 16.5. The summed E-state index contributed by atoms with van der Waals surface area (Å²) in [5.74, 6) is -1.37. The second-order valence-electron chi connectivity index (χ2n) is 12.5. The Kier molecular flexibility index (Phi) is 8.20. The number of aromatic nitrogens is 1. The standard InChI is InChI=1S/C40H35NO5/c1-40(2,3)32-19-17-29(18-20-32)36-34-11-7-8-12-35(34)41(37(36)39(44)45)24-27-21-31(28-13-15-30(16-14-28)38(42)43)23-33(22-27)46-25-26-9-5-4-6-10-26/h4-23H,24-25H2,1-3H3,(H,42,43)(H,44,45). The molecule has 6 aromatic rings. The highest BCUT2D eigenvalue weighted by Gasteiger charge is 2.24. The molecule has 0 amide bonds. The summed E-state index contributed by atoms with van der Waals surface area (Å²) in [5, 5.41) is 20.9. The Morgan fingerprint density at radius 3 is 1.98 bits per heavy atom. The van der Waals surface area contributed by atoms with Gasteiger partial charge in [-0.2, -0.15) is 0 Å². The molecule has 0 saturated heterocycles. The summed E-state index contributed by atoms with van der Waals surface area (Å²) >= 11 is 0. The summed E-state index contributed by atoms with van der Waals surface area (Å²) in [6.07, 6.45) is 0. The normalized spacial score (nSPS) is 11.5. The summed E-state index contributed by atoms with van der Waals surface area (Å²) < 4.78 is 8.11. The molecule has 6 nitrogen and oxygen atoms in total. The monoisotopic (exact) mass is 609 g/mol. The third-order valence-corrected chi connectivity index (χ3v) is 8.23. The van der Waals surface area contributed by atoms with Crippen LogP contribution in [0.3, 0.4) is 0 Å². The maximum atomic E-state index is 13.0. The molecule has 6 rings (SSSR count). The van der Waals surface area contributed by atoms with E-state index in [9.17, 15) is 19.8 Å². The van der Waals surface area contributed by atoms with Crippen LogP contribution >= 0.6 is 0 Å². The van der Waals surface area contributed by atoms with Gasteiger partial charge >= 0.3 is 11.9 Å². The van der Waals surface area contributed by atoms with E-state index in [4.69, 9.17) is 4.74 Å². The molecule has 0 atom stereocenters. The highest BCUT2D eigenvalue weighted by Crippen LogP contribution is 2.37. The molecule has 0 radical (unpaired) electrons. The van der Waals surface area contributed by atoms with Crippen molar-refractivity contribution in [1.82, 2.24) is 4.57 Å². The molecule has 0 aliphatic carbocycles. The lowest BCUT2D eigenvalue weighted by molar-refractivity contribution is 0.0680. The number of benzene rings is 5. The smallest absolute Gasteiger partial charge is 0.353 e. The van der Waals surface area contributed by atoms with Crippen molar-refractivity contribution in [3.63, 3.8) is 0 Å². The number of ether oxygens (including phenoxy) is 1. The fourth-order valence-corrected chi connectivity index (χ4v) is 5.85. The lowest BCUT2D eigenvalue weighted by Crippen LogP contribution is -2.11.